The number of alkyl carbamates (subject to hydrolysis) is 1. The number of carbonyl (C=O) groups is 2. The smallest absolute Gasteiger partial charge is 0.408 e. The van der Waals surface area contributed by atoms with E-state index in [0.29, 0.717) is 5.56 Å². The highest BCUT2D eigenvalue weighted by molar-refractivity contribution is 5.90. The van der Waals surface area contributed by atoms with E-state index in [1.807, 2.05) is 48.5 Å². The van der Waals surface area contributed by atoms with Crippen LogP contribution in [0.15, 0.2) is 72.8 Å². The molecule has 0 fully saturated rings. The van der Waals surface area contributed by atoms with Gasteiger partial charge in [-0.25, -0.2) is 9.59 Å². The second-order valence-electron chi connectivity index (χ2n) is 7.08. The van der Waals surface area contributed by atoms with Gasteiger partial charge in [-0.2, -0.15) is 0 Å². The molecule has 27 heavy (non-hydrogen) atoms. The number of rotatable bonds is 6. The molecule has 5 nitrogen and oxygen atoms in total. The normalized spacial score (nSPS) is 12.0. The average Bonchev–Trinajstić information content (AvgIpc) is 2.64. The van der Waals surface area contributed by atoms with Gasteiger partial charge in [-0.1, -0.05) is 67.2 Å². The van der Waals surface area contributed by atoms with Crippen molar-refractivity contribution in [3.8, 4) is 0 Å². The summed E-state index contributed by atoms with van der Waals surface area (Å²) in [5.41, 5.74) is 1.06. The van der Waals surface area contributed by atoms with Crippen molar-refractivity contribution in [2.24, 2.45) is 0 Å². The van der Waals surface area contributed by atoms with E-state index in [4.69, 9.17) is 9.47 Å². The molecule has 5 heteroatoms. The summed E-state index contributed by atoms with van der Waals surface area (Å²) in [4.78, 5) is 24.7. The van der Waals surface area contributed by atoms with Gasteiger partial charge in [0.05, 0.1) is 11.6 Å². The van der Waals surface area contributed by atoms with E-state index in [-0.39, 0.29) is 12.2 Å². The van der Waals surface area contributed by atoms with Crippen LogP contribution >= 0.6 is 0 Å². The van der Waals surface area contributed by atoms with Crippen LogP contribution in [0, 0.1) is 0 Å². The molecule has 2 rings (SSSR count). The largest absolute Gasteiger partial charge is 0.457 e. The number of nitrogens with one attached hydrogen (secondary N) is 1. The SMILES string of the molecule is C=C(C(=O)OCc1ccccc1)[C@@H](NC(=O)OC(C)(C)C)c1ccccc1. The topological polar surface area (TPSA) is 64.6 Å². The predicted molar refractivity (Wildman–Crippen MR) is 104 cm³/mol. The Morgan fingerprint density at radius 3 is 2.11 bits per heavy atom. The standard InChI is InChI=1S/C22H25NO4/c1-16(20(24)26-15-17-11-7-5-8-12-17)19(18-13-9-6-10-14-18)23-21(25)27-22(2,3)4/h5-14,19H,1,15H2,2-4H3,(H,23,25)/t19-/m1/s1. The molecule has 0 bridgehead atoms. The van der Waals surface area contributed by atoms with Gasteiger partial charge < -0.3 is 14.8 Å². The fourth-order valence-corrected chi connectivity index (χ4v) is 2.38. The molecule has 0 aromatic heterocycles. The Bertz CT molecular complexity index is 779. The minimum absolute atomic E-state index is 0.128. The summed E-state index contributed by atoms with van der Waals surface area (Å²) in [5, 5.41) is 2.71. The van der Waals surface area contributed by atoms with E-state index in [2.05, 4.69) is 11.9 Å². The Hall–Kier alpha value is -3.08. The zero-order valence-corrected chi connectivity index (χ0v) is 15.9. The second-order valence-corrected chi connectivity index (χ2v) is 7.08. The van der Waals surface area contributed by atoms with Crippen molar-refractivity contribution in [2.75, 3.05) is 0 Å². The Morgan fingerprint density at radius 2 is 1.56 bits per heavy atom. The fourth-order valence-electron chi connectivity index (χ4n) is 2.38. The molecule has 0 heterocycles. The fraction of sp³-hybridized carbons (Fsp3) is 0.273. The summed E-state index contributed by atoms with van der Waals surface area (Å²) >= 11 is 0. The highest BCUT2D eigenvalue weighted by Crippen LogP contribution is 2.23. The number of carbonyl (C=O) groups excluding carboxylic acids is 2. The maximum atomic E-state index is 12.5. The van der Waals surface area contributed by atoms with E-state index >= 15 is 0 Å². The molecule has 0 aliphatic carbocycles. The molecule has 0 spiro atoms. The Kier molecular flexibility index (Phi) is 6.77. The molecule has 1 N–H and O–H groups in total. The summed E-state index contributed by atoms with van der Waals surface area (Å²) < 4.78 is 10.6. The van der Waals surface area contributed by atoms with Crippen molar-refractivity contribution < 1.29 is 19.1 Å². The highest BCUT2D eigenvalue weighted by atomic mass is 16.6. The van der Waals surface area contributed by atoms with Gasteiger partial charge in [0.15, 0.2) is 0 Å². The summed E-state index contributed by atoms with van der Waals surface area (Å²) in [6.45, 7) is 9.29. The number of esters is 1. The average molecular weight is 367 g/mol. The summed E-state index contributed by atoms with van der Waals surface area (Å²) in [6.07, 6.45) is -0.631. The molecule has 0 saturated heterocycles. The van der Waals surface area contributed by atoms with Crippen LogP contribution in [0.4, 0.5) is 4.79 Å². The number of ether oxygens (including phenoxy) is 2. The molecule has 1 amide bonds. The van der Waals surface area contributed by atoms with E-state index in [1.165, 1.54) is 0 Å². The molecule has 0 aliphatic heterocycles. The van der Waals surface area contributed by atoms with E-state index < -0.39 is 23.7 Å². The monoisotopic (exact) mass is 367 g/mol. The van der Waals surface area contributed by atoms with Gasteiger partial charge in [-0.15, -0.1) is 0 Å². The molecular weight excluding hydrogens is 342 g/mol. The maximum Gasteiger partial charge on any atom is 0.408 e. The van der Waals surface area contributed by atoms with Crippen molar-refractivity contribution in [3.05, 3.63) is 83.9 Å². The Balaban J connectivity index is 2.10. The van der Waals surface area contributed by atoms with Gasteiger partial charge in [0, 0.05) is 0 Å². The molecule has 1 atom stereocenters. The lowest BCUT2D eigenvalue weighted by molar-refractivity contribution is -0.140. The number of benzene rings is 2. The first kappa shape index (κ1) is 20.2. The lowest BCUT2D eigenvalue weighted by Gasteiger charge is -2.24. The van der Waals surface area contributed by atoms with Gasteiger partial charge in [0.25, 0.3) is 0 Å². The van der Waals surface area contributed by atoms with Crippen molar-refractivity contribution in [1.82, 2.24) is 5.32 Å². The van der Waals surface area contributed by atoms with Crippen LogP contribution in [-0.4, -0.2) is 17.7 Å². The molecule has 2 aromatic carbocycles. The molecule has 2 aromatic rings. The summed E-state index contributed by atoms with van der Waals surface area (Å²) in [6, 6.07) is 17.7. The third kappa shape index (κ3) is 6.62. The first-order chi connectivity index (χ1) is 12.8. The van der Waals surface area contributed by atoms with Crippen molar-refractivity contribution >= 4 is 12.1 Å². The minimum atomic E-state index is -0.746. The quantitative estimate of drug-likeness (QED) is 0.601. The number of hydrogen-bond acceptors (Lipinski definition) is 4. The van der Waals surface area contributed by atoms with E-state index in [1.54, 1.807) is 32.9 Å². The van der Waals surface area contributed by atoms with Gasteiger partial charge in [0.1, 0.15) is 12.2 Å². The molecular formula is C22H25NO4. The summed E-state index contributed by atoms with van der Waals surface area (Å²) in [5.74, 6) is -0.580. The zero-order valence-electron chi connectivity index (χ0n) is 15.9. The lowest BCUT2D eigenvalue weighted by Crippen LogP contribution is -2.36. The second kappa shape index (κ2) is 9.03. The van der Waals surface area contributed by atoms with Crippen LogP contribution in [0.3, 0.4) is 0 Å². The first-order valence-corrected chi connectivity index (χ1v) is 8.70. The van der Waals surface area contributed by atoms with E-state index in [9.17, 15) is 9.59 Å². The number of amides is 1. The Morgan fingerprint density at radius 1 is 1.00 bits per heavy atom. The predicted octanol–water partition coefficient (Wildman–Crippen LogP) is 4.55. The molecule has 0 radical (unpaired) electrons. The van der Waals surface area contributed by atoms with E-state index in [0.717, 1.165) is 5.56 Å². The van der Waals surface area contributed by atoms with Crippen LogP contribution in [0.25, 0.3) is 0 Å². The maximum absolute atomic E-state index is 12.5. The third-order valence-corrected chi connectivity index (χ3v) is 3.62. The van der Waals surface area contributed by atoms with Gasteiger partial charge in [0.2, 0.25) is 0 Å². The number of hydrogen-bond donors (Lipinski definition) is 1. The van der Waals surface area contributed by atoms with Gasteiger partial charge in [-0.05, 0) is 31.9 Å². The molecule has 0 aliphatic rings. The lowest BCUT2D eigenvalue weighted by atomic mass is 10.00. The van der Waals surface area contributed by atoms with Crippen molar-refractivity contribution in [1.29, 1.82) is 0 Å². The van der Waals surface area contributed by atoms with Crippen molar-refractivity contribution in [3.63, 3.8) is 0 Å². The molecule has 0 unspecified atom stereocenters. The first-order valence-electron chi connectivity index (χ1n) is 8.70. The Labute approximate surface area is 160 Å². The minimum Gasteiger partial charge on any atom is -0.457 e. The summed E-state index contributed by atoms with van der Waals surface area (Å²) in [7, 11) is 0. The van der Waals surface area contributed by atoms with Crippen LogP contribution in [-0.2, 0) is 20.9 Å². The van der Waals surface area contributed by atoms with Crippen LogP contribution in [0.2, 0.25) is 0 Å². The van der Waals surface area contributed by atoms with Gasteiger partial charge in [-0.3, -0.25) is 0 Å². The van der Waals surface area contributed by atoms with Crippen LogP contribution in [0.1, 0.15) is 37.9 Å². The van der Waals surface area contributed by atoms with Gasteiger partial charge >= 0.3 is 12.1 Å². The van der Waals surface area contributed by atoms with Crippen LogP contribution < -0.4 is 5.32 Å². The third-order valence-electron chi connectivity index (χ3n) is 3.62. The highest BCUT2D eigenvalue weighted by Gasteiger charge is 2.26. The molecule has 142 valence electrons. The molecule has 0 saturated carbocycles. The van der Waals surface area contributed by atoms with Crippen molar-refractivity contribution in [2.45, 2.75) is 39.0 Å². The zero-order chi connectivity index (χ0) is 19.9. The van der Waals surface area contributed by atoms with Crippen LogP contribution in [0.5, 0.6) is 0 Å².